The minimum absolute atomic E-state index is 0.0244. The molecule has 0 bridgehead atoms. The second kappa shape index (κ2) is 8.43. The molecule has 4 rings (SSSR count). The molecule has 0 aromatic heterocycles. The van der Waals surface area contributed by atoms with Gasteiger partial charge in [0.05, 0.1) is 19.3 Å². The lowest BCUT2D eigenvalue weighted by Crippen LogP contribution is -2.45. The van der Waals surface area contributed by atoms with Crippen molar-refractivity contribution in [1.29, 1.82) is 0 Å². The summed E-state index contributed by atoms with van der Waals surface area (Å²) in [5, 5.41) is 5.56. The van der Waals surface area contributed by atoms with Crippen molar-refractivity contribution in [3.63, 3.8) is 0 Å². The Balaban J connectivity index is 1.49. The minimum Gasteiger partial charge on any atom is -0.497 e. The van der Waals surface area contributed by atoms with Crippen LogP contribution in [0, 0.1) is 0 Å². The molecule has 3 amide bonds. The van der Waals surface area contributed by atoms with Gasteiger partial charge >= 0.3 is 6.03 Å². The van der Waals surface area contributed by atoms with Crippen LogP contribution < -0.4 is 20.1 Å². The van der Waals surface area contributed by atoms with Crippen LogP contribution in [0.4, 0.5) is 16.2 Å². The standard InChI is InChI=1S/C22H25N3O4/c1-28-18-8-5-15(6-9-18)23-22(27)24-16-7-10-20-19(14-16)21(26)25-12-3-2-4-17(25)11-13-29-20/h5-10,14,17H,2-4,11-13H2,1H3,(H2,23,24,27). The van der Waals surface area contributed by atoms with Crippen molar-refractivity contribution < 1.29 is 19.1 Å². The van der Waals surface area contributed by atoms with Crippen LogP contribution in [-0.4, -0.2) is 43.1 Å². The van der Waals surface area contributed by atoms with Crippen LogP contribution in [0.25, 0.3) is 0 Å². The van der Waals surface area contributed by atoms with E-state index in [0.717, 1.165) is 32.2 Å². The minimum atomic E-state index is -0.384. The Morgan fingerprint density at radius 1 is 1.07 bits per heavy atom. The molecule has 1 saturated heterocycles. The van der Waals surface area contributed by atoms with Crippen LogP contribution in [-0.2, 0) is 0 Å². The van der Waals surface area contributed by atoms with E-state index in [1.54, 1.807) is 49.6 Å². The van der Waals surface area contributed by atoms with E-state index >= 15 is 0 Å². The van der Waals surface area contributed by atoms with Crippen molar-refractivity contribution >= 4 is 23.3 Å². The van der Waals surface area contributed by atoms with Crippen molar-refractivity contribution in [3.05, 3.63) is 48.0 Å². The number of nitrogens with zero attached hydrogens (tertiary/aromatic N) is 1. The number of rotatable bonds is 3. The molecular weight excluding hydrogens is 370 g/mol. The number of piperidine rings is 1. The van der Waals surface area contributed by atoms with E-state index in [-0.39, 0.29) is 18.0 Å². The number of fused-ring (bicyclic) bond motifs is 2. The Morgan fingerprint density at radius 3 is 2.62 bits per heavy atom. The van der Waals surface area contributed by atoms with E-state index in [0.29, 0.717) is 35.0 Å². The maximum Gasteiger partial charge on any atom is 0.323 e. The predicted molar refractivity (Wildman–Crippen MR) is 111 cm³/mol. The summed E-state index contributed by atoms with van der Waals surface area (Å²) in [7, 11) is 1.59. The highest BCUT2D eigenvalue weighted by Gasteiger charge is 2.31. The van der Waals surface area contributed by atoms with Gasteiger partial charge in [-0.05, 0) is 61.7 Å². The molecule has 0 spiro atoms. The van der Waals surface area contributed by atoms with Gasteiger partial charge in [-0.2, -0.15) is 0 Å². The van der Waals surface area contributed by atoms with Gasteiger partial charge in [0.15, 0.2) is 0 Å². The molecule has 2 aliphatic rings. The Bertz CT molecular complexity index is 897. The first-order valence-corrected chi connectivity index (χ1v) is 9.94. The van der Waals surface area contributed by atoms with Crippen molar-refractivity contribution in [2.75, 3.05) is 30.9 Å². The summed E-state index contributed by atoms with van der Waals surface area (Å²) in [6.45, 7) is 1.37. The normalized spacial score (nSPS) is 18.4. The fourth-order valence-corrected chi connectivity index (χ4v) is 3.90. The van der Waals surface area contributed by atoms with Gasteiger partial charge < -0.3 is 25.0 Å². The van der Waals surface area contributed by atoms with E-state index in [9.17, 15) is 9.59 Å². The number of hydrogen-bond donors (Lipinski definition) is 2. The topological polar surface area (TPSA) is 79.9 Å². The van der Waals surface area contributed by atoms with Crippen molar-refractivity contribution in [2.45, 2.75) is 31.7 Å². The quantitative estimate of drug-likeness (QED) is 0.819. The molecule has 152 valence electrons. The zero-order chi connectivity index (χ0) is 20.2. The number of amides is 3. The molecule has 0 saturated carbocycles. The molecule has 1 unspecified atom stereocenters. The summed E-state index contributed by atoms with van der Waals surface area (Å²) in [4.78, 5) is 27.4. The molecule has 7 heteroatoms. The molecule has 2 aromatic rings. The largest absolute Gasteiger partial charge is 0.497 e. The van der Waals surface area contributed by atoms with E-state index in [1.165, 1.54) is 0 Å². The number of carbonyl (C=O) groups excluding carboxylic acids is 2. The summed E-state index contributed by atoms with van der Waals surface area (Å²) in [5.41, 5.74) is 1.69. The zero-order valence-electron chi connectivity index (χ0n) is 16.4. The van der Waals surface area contributed by atoms with Crippen LogP contribution in [0.3, 0.4) is 0 Å². The van der Waals surface area contributed by atoms with Crippen molar-refractivity contribution in [2.24, 2.45) is 0 Å². The van der Waals surface area contributed by atoms with Gasteiger partial charge in [0.2, 0.25) is 0 Å². The first-order valence-electron chi connectivity index (χ1n) is 9.94. The predicted octanol–water partition coefficient (Wildman–Crippen LogP) is 4.12. The average Bonchev–Trinajstić information content (AvgIpc) is 2.74. The molecular formula is C22H25N3O4. The average molecular weight is 395 g/mol. The first-order chi connectivity index (χ1) is 14.1. The molecule has 2 aromatic carbocycles. The fourth-order valence-electron chi connectivity index (χ4n) is 3.90. The van der Waals surface area contributed by atoms with Crippen LogP contribution in [0.5, 0.6) is 11.5 Å². The lowest BCUT2D eigenvalue weighted by molar-refractivity contribution is 0.0548. The van der Waals surface area contributed by atoms with E-state index < -0.39 is 0 Å². The number of anilines is 2. The third-order valence-corrected chi connectivity index (χ3v) is 5.41. The smallest absolute Gasteiger partial charge is 0.323 e. The van der Waals surface area contributed by atoms with Crippen LogP contribution in [0.2, 0.25) is 0 Å². The molecule has 2 aliphatic heterocycles. The third-order valence-electron chi connectivity index (χ3n) is 5.41. The summed E-state index contributed by atoms with van der Waals surface area (Å²) in [6, 6.07) is 12.1. The maximum atomic E-state index is 13.1. The van der Waals surface area contributed by atoms with E-state index in [1.807, 2.05) is 4.90 Å². The Morgan fingerprint density at radius 2 is 1.83 bits per heavy atom. The number of carbonyl (C=O) groups is 2. The van der Waals surface area contributed by atoms with Gasteiger partial charge in [0.25, 0.3) is 5.91 Å². The number of hydrogen-bond acceptors (Lipinski definition) is 4. The van der Waals surface area contributed by atoms with Gasteiger partial charge in [0.1, 0.15) is 11.5 Å². The molecule has 0 aliphatic carbocycles. The number of urea groups is 1. The van der Waals surface area contributed by atoms with Crippen molar-refractivity contribution in [1.82, 2.24) is 4.90 Å². The monoisotopic (exact) mass is 395 g/mol. The second-order valence-corrected chi connectivity index (χ2v) is 7.30. The number of ether oxygens (including phenoxy) is 2. The lowest BCUT2D eigenvalue weighted by atomic mass is 9.97. The van der Waals surface area contributed by atoms with E-state index in [4.69, 9.17) is 9.47 Å². The first kappa shape index (κ1) is 19.1. The van der Waals surface area contributed by atoms with Gasteiger partial charge in [-0.1, -0.05) is 0 Å². The van der Waals surface area contributed by atoms with Gasteiger partial charge in [0, 0.05) is 30.4 Å². The van der Waals surface area contributed by atoms with Crippen LogP contribution in [0.15, 0.2) is 42.5 Å². The highest BCUT2D eigenvalue weighted by Crippen LogP contribution is 2.31. The summed E-state index contributed by atoms with van der Waals surface area (Å²) >= 11 is 0. The summed E-state index contributed by atoms with van der Waals surface area (Å²) in [5.74, 6) is 1.26. The van der Waals surface area contributed by atoms with Gasteiger partial charge in [-0.15, -0.1) is 0 Å². The Labute approximate surface area is 170 Å². The number of methoxy groups -OCH3 is 1. The highest BCUT2D eigenvalue weighted by atomic mass is 16.5. The van der Waals surface area contributed by atoms with Gasteiger partial charge in [-0.3, -0.25) is 4.79 Å². The molecule has 2 heterocycles. The van der Waals surface area contributed by atoms with E-state index in [2.05, 4.69) is 10.6 Å². The maximum absolute atomic E-state index is 13.1. The number of benzene rings is 2. The van der Waals surface area contributed by atoms with Crippen molar-refractivity contribution in [3.8, 4) is 11.5 Å². The Kier molecular flexibility index (Phi) is 5.55. The number of nitrogens with one attached hydrogen (secondary N) is 2. The second-order valence-electron chi connectivity index (χ2n) is 7.30. The summed E-state index contributed by atoms with van der Waals surface area (Å²) < 4.78 is 11.0. The molecule has 1 atom stereocenters. The van der Waals surface area contributed by atoms with Gasteiger partial charge in [-0.25, -0.2) is 4.79 Å². The fraction of sp³-hybridized carbons (Fsp3) is 0.364. The van der Waals surface area contributed by atoms with Crippen LogP contribution in [0.1, 0.15) is 36.0 Å². The molecule has 1 fully saturated rings. The highest BCUT2D eigenvalue weighted by molar-refractivity contribution is 6.02. The lowest BCUT2D eigenvalue weighted by Gasteiger charge is -2.37. The zero-order valence-corrected chi connectivity index (χ0v) is 16.4. The molecule has 0 radical (unpaired) electrons. The SMILES string of the molecule is COc1ccc(NC(=O)Nc2ccc3c(c2)C(=O)N2CCCCC2CCO3)cc1. The Hall–Kier alpha value is -3.22. The summed E-state index contributed by atoms with van der Waals surface area (Å²) in [6.07, 6.45) is 4.05. The molecule has 7 nitrogen and oxygen atoms in total. The molecule has 2 N–H and O–H groups in total. The molecule has 29 heavy (non-hydrogen) atoms. The van der Waals surface area contributed by atoms with Crippen LogP contribution >= 0.6 is 0 Å². The third kappa shape index (κ3) is 4.29.